The highest BCUT2D eigenvalue weighted by atomic mass is 16.5. The van der Waals surface area contributed by atoms with Crippen LogP contribution in [0.1, 0.15) is 60.3 Å². The molecule has 2 saturated heterocycles. The standard InChI is InChI=1S/C25H50N2O6/c1-20-14-26(20)16-23(28)18-31-11-7-10-30-13-9-25(4,5)33-12-6-8-22(3)32-19-24(29)17-27-15-21(27)2/h20-24,28-29H,6-19H2,1-5H3. The van der Waals surface area contributed by atoms with E-state index in [1.54, 1.807) is 0 Å². The fourth-order valence-corrected chi connectivity index (χ4v) is 3.79. The van der Waals surface area contributed by atoms with Gasteiger partial charge in [-0.3, -0.25) is 9.80 Å². The van der Waals surface area contributed by atoms with Gasteiger partial charge in [-0.05, 0) is 60.3 Å². The van der Waals surface area contributed by atoms with Crippen LogP contribution in [0, 0.1) is 0 Å². The number of hydrogen-bond donors (Lipinski definition) is 2. The van der Waals surface area contributed by atoms with Crippen LogP contribution in [0.5, 0.6) is 0 Å². The highest BCUT2D eigenvalue weighted by Crippen LogP contribution is 2.18. The van der Waals surface area contributed by atoms with Crippen LogP contribution in [0.15, 0.2) is 0 Å². The van der Waals surface area contributed by atoms with E-state index in [4.69, 9.17) is 18.9 Å². The molecule has 2 aliphatic heterocycles. The molecule has 2 aliphatic rings. The monoisotopic (exact) mass is 474 g/mol. The summed E-state index contributed by atoms with van der Waals surface area (Å²) in [5, 5.41) is 19.9. The SMILES string of the molecule is CC(CCCOC(C)(C)CCOCCCOCC(O)CN1CC1C)OCC(O)CN1CC1C. The largest absolute Gasteiger partial charge is 0.389 e. The maximum Gasteiger partial charge on any atom is 0.0900 e. The lowest BCUT2D eigenvalue weighted by Gasteiger charge is -2.26. The van der Waals surface area contributed by atoms with Crippen molar-refractivity contribution in [2.45, 2.75) is 96.3 Å². The number of hydrogen-bond acceptors (Lipinski definition) is 8. The maximum atomic E-state index is 10.0. The van der Waals surface area contributed by atoms with Gasteiger partial charge < -0.3 is 29.2 Å². The van der Waals surface area contributed by atoms with Crippen LogP contribution in [-0.2, 0) is 18.9 Å². The lowest BCUT2D eigenvalue weighted by molar-refractivity contribution is -0.0506. The molecule has 0 saturated carbocycles. The Morgan fingerprint density at radius 3 is 2.03 bits per heavy atom. The molecule has 0 amide bonds. The number of ether oxygens (including phenoxy) is 4. The quantitative estimate of drug-likeness (QED) is 0.193. The Hall–Kier alpha value is -0.320. The van der Waals surface area contributed by atoms with E-state index < -0.39 is 12.2 Å². The fourth-order valence-electron chi connectivity index (χ4n) is 3.79. The van der Waals surface area contributed by atoms with Crippen molar-refractivity contribution in [2.75, 3.05) is 65.8 Å². The van der Waals surface area contributed by atoms with E-state index in [1.165, 1.54) is 0 Å². The average molecular weight is 475 g/mol. The van der Waals surface area contributed by atoms with Crippen molar-refractivity contribution in [3.8, 4) is 0 Å². The molecule has 2 heterocycles. The van der Waals surface area contributed by atoms with Crippen molar-refractivity contribution in [3.63, 3.8) is 0 Å². The summed E-state index contributed by atoms with van der Waals surface area (Å²) in [6, 6.07) is 1.23. The molecule has 0 radical (unpaired) electrons. The molecule has 0 aromatic rings. The van der Waals surface area contributed by atoms with E-state index in [2.05, 4.69) is 44.4 Å². The fraction of sp³-hybridized carbons (Fsp3) is 1.00. The van der Waals surface area contributed by atoms with Crippen LogP contribution in [0.2, 0.25) is 0 Å². The maximum absolute atomic E-state index is 10.0. The van der Waals surface area contributed by atoms with Gasteiger partial charge in [0.15, 0.2) is 0 Å². The molecule has 2 rings (SSSR count). The summed E-state index contributed by atoms with van der Waals surface area (Å²) in [5.74, 6) is 0. The molecule has 7 atom stereocenters. The zero-order valence-electron chi connectivity index (χ0n) is 21.7. The molecular weight excluding hydrogens is 424 g/mol. The summed E-state index contributed by atoms with van der Waals surface area (Å²) in [6.45, 7) is 17.6. The predicted molar refractivity (Wildman–Crippen MR) is 130 cm³/mol. The summed E-state index contributed by atoms with van der Waals surface area (Å²) in [5.41, 5.74) is -0.217. The van der Waals surface area contributed by atoms with Gasteiger partial charge in [0.05, 0.1) is 37.1 Å². The van der Waals surface area contributed by atoms with Crippen LogP contribution in [0.4, 0.5) is 0 Å². The molecule has 196 valence electrons. The van der Waals surface area contributed by atoms with Crippen molar-refractivity contribution in [1.29, 1.82) is 0 Å². The van der Waals surface area contributed by atoms with Gasteiger partial charge in [-0.25, -0.2) is 0 Å². The summed E-state index contributed by atoms with van der Waals surface area (Å²) in [6.07, 6.45) is 2.85. The van der Waals surface area contributed by atoms with Crippen LogP contribution < -0.4 is 0 Å². The third kappa shape index (κ3) is 14.0. The Morgan fingerprint density at radius 2 is 1.42 bits per heavy atom. The van der Waals surface area contributed by atoms with E-state index in [-0.39, 0.29) is 11.7 Å². The van der Waals surface area contributed by atoms with E-state index in [0.29, 0.717) is 64.8 Å². The van der Waals surface area contributed by atoms with Crippen molar-refractivity contribution in [1.82, 2.24) is 9.80 Å². The van der Waals surface area contributed by atoms with E-state index in [1.807, 2.05) is 0 Å². The van der Waals surface area contributed by atoms with E-state index in [9.17, 15) is 10.2 Å². The van der Waals surface area contributed by atoms with Gasteiger partial charge >= 0.3 is 0 Å². The zero-order chi connectivity index (χ0) is 24.3. The molecular formula is C25H50N2O6. The minimum absolute atomic E-state index is 0.124. The Labute approximate surface area is 201 Å². The number of aliphatic hydroxyl groups is 2. The molecule has 33 heavy (non-hydrogen) atoms. The molecule has 0 aliphatic carbocycles. The van der Waals surface area contributed by atoms with Crippen molar-refractivity contribution in [2.24, 2.45) is 0 Å². The van der Waals surface area contributed by atoms with Gasteiger partial charge in [-0.15, -0.1) is 0 Å². The molecule has 0 spiro atoms. The Balaban J connectivity index is 1.35. The minimum Gasteiger partial charge on any atom is -0.389 e. The first-order valence-corrected chi connectivity index (χ1v) is 12.9. The second kappa shape index (κ2) is 14.9. The molecule has 2 fully saturated rings. The number of rotatable bonds is 21. The second-order valence-electron chi connectivity index (χ2n) is 10.6. The van der Waals surface area contributed by atoms with Crippen LogP contribution in [-0.4, -0.2) is 122 Å². The van der Waals surface area contributed by atoms with Crippen LogP contribution >= 0.6 is 0 Å². The molecule has 0 bridgehead atoms. The Bertz CT molecular complexity index is 523. The molecule has 7 unspecified atom stereocenters. The molecule has 2 N–H and O–H groups in total. The molecule has 8 nitrogen and oxygen atoms in total. The zero-order valence-corrected chi connectivity index (χ0v) is 21.7. The number of nitrogens with zero attached hydrogens (tertiary/aromatic N) is 2. The Kier molecular flexibility index (Phi) is 13.1. The second-order valence-corrected chi connectivity index (χ2v) is 10.6. The van der Waals surface area contributed by atoms with Gasteiger partial charge in [-0.1, -0.05) is 0 Å². The Morgan fingerprint density at radius 1 is 0.848 bits per heavy atom. The van der Waals surface area contributed by atoms with Gasteiger partial charge in [0, 0.05) is 64.7 Å². The predicted octanol–water partition coefficient (Wildman–Crippen LogP) is 1.91. The number of β-amino-alcohol motifs (C(OH)–C–C–N with tert-alkyl or cyclic N) is 2. The van der Waals surface area contributed by atoms with Gasteiger partial charge in [0.1, 0.15) is 0 Å². The number of aliphatic hydroxyl groups excluding tert-OH is 2. The smallest absolute Gasteiger partial charge is 0.0900 e. The first-order chi connectivity index (χ1) is 15.7. The summed E-state index contributed by atoms with van der Waals surface area (Å²) in [4.78, 5) is 4.48. The topological polar surface area (TPSA) is 83.4 Å². The van der Waals surface area contributed by atoms with Gasteiger partial charge in [-0.2, -0.15) is 0 Å². The lowest BCUT2D eigenvalue weighted by atomic mass is 10.1. The molecule has 0 aromatic heterocycles. The molecule has 8 heteroatoms. The van der Waals surface area contributed by atoms with Crippen molar-refractivity contribution >= 4 is 0 Å². The highest BCUT2D eigenvalue weighted by molar-refractivity contribution is 4.86. The molecule has 0 aromatic carbocycles. The van der Waals surface area contributed by atoms with Crippen LogP contribution in [0.3, 0.4) is 0 Å². The normalized spacial score (nSPS) is 27.4. The lowest BCUT2D eigenvalue weighted by Crippen LogP contribution is -2.28. The summed E-state index contributed by atoms with van der Waals surface area (Å²) < 4.78 is 23.1. The summed E-state index contributed by atoms with van der Waals surface area (Å²) in [7, 11) is 0. The van der Waals surface area contributed by atoms with Gasteiger partial charge in [0.25, 0.3) is 0 Å². The third-order valence-corrected chi connectivity index (χ3v) is 6.42. The van der Waals surface area contributed by atoms with E-state index in [0.717, 1.165) is 38.8 Å². The minimum atomic E-state index is -0.403. The first-order valence-electron chi connectivity index (χ1n) is 12.9. The van der Waals surface area contributed by atoms with Gasteiger partial charge in [0.2, 0.25) is 0 Å². The van der Waals surface area contributed by atoms with Crippen molar-refractivity contribution in [3.05, 3.63) is 0 Å². The summed E-state index contributed by atoms with van der Waals surface area (Å²) >= 11 is 0. The highest BCUT2D eigenvalue weighted by Gasteiger charge is 2.31. The third-order valence-electron chi connectivity index (χ3n) is 6.42. The first kappa shape index (κ1) is 28.9. The van der Waals surface area contributed by atoms with Crippen LogP contribution in [0.25, 0.3) is 0 Å². The van der Waals surface area contributed by atoms with Crippen molar-refractivity contribution < 1.29 is 29.2 Å². The van der Waals surface area contributed by atoms with E-state index >= 15 is 0 Å². The average Bonchev–Trinajstić information content (AvgIpc) is 3.64.